The highest BCUT2D eigenvalue weighted by atomic mass is 35.5. The van der Waals surface area contributed by atoms with E-state index in [0.717, 1.165) is 4.90 Å². The maximum absolute atomic E-state index is 12.9. The molecule has 1 aliphatic rings. The average Bonchev–Trinajstić information content (AvgIpc) is 2.76. The molecule has 0 fully saturated rings. The van der Waals surface area contributed by atoms with E-state index in [0.29, 0.717) is 28.3 Å². The summed E-state index contributed by atoms with van der Waals surface area (Å²) in [5.74, 6) is -0.218. The van der Waals surface area contributed by atoms with Gasteiger partial charge in [0.15, 0.2) is 0 Å². The number of rotatable bonds is 5. The molecule has 0 radical (unpaired) electrons. The van der Waals surface area contributed by atoms with Crippen molar-refractivity contribution >= 4 is 62.3 Å². The van der Waals surface area contributed by atoms with Gasteiger partial charge in [-0.1, -0.05) is 29.8 Å². The molecule has 0 spiro atoms. The lowest BCUT2D eigenvalue weighted by atomic mass is 10.1. The van der Waals surface area contributed by atoms with Crippen LogP contribution in [-0.2, 0) is 14.8 Å². The Bertz CT molecular complexity index is 1340. The molecule has 164 valence electrons. The van der Waals surface area contributed by atoms with Crippen molar-refractivity contribution in [2.24, 2.45) is 0 Å². The van der Waals surface area contributed by atoms with Crippen LogP contribution in [0.3, 0.4) is 0 Å². The fraction of sp³-hybridized carbons (Fsp3) is 0.0909. The monoisotopic (exact) mass is 487 g/mol. The first-order valence-electron chi connectivity index (χ1n) is 9.49. The smallest absolute Gasteiger partial charge is 0.262 e. The van der Waals surface area contributed by atoms with Gasteiger partial charge in [-0.25, -0.2) is 8.42 Å². The van der Waals surface area contributed by atoms with E-state index in [1.54, 1.807) is 61.5 Å². The topological polar surface area (TPSA) is 104 Å². The van der Waals surface area contributed by atoms with Crippen LogP contribution in [0.4, 0.5) is 17.1 Å². The second kappa shape index (κ2) is 8.85. The second-order valence-corrected chi connectivity index (χ2v) is 10.1. The summed E-state index contributed by atoms with van der Waals surface area (Å²) in [5, 5.41) is 5.73. The Morgan fingerprint density at radius 1 is 1.09 bits per heavy atom. The first-order chi connectivity index (χ1) is 15.2. The number of benzene rings is 3. The fourth-order valence-corrected chi connectivity index (χ4v) is 5.52. The molecule has 0 atom stereocenters. The number of sulfonamides is 1. The SMILES string of the molecule is Cc1ccc(NC(=O)c2ccc3c(c2)NC(=O)CS3)cc1S(=O)(=O)Nc1ccccc1Cl. The van der Waals surface area contributed by atoms with Crippen molar-refractivity contribution in [2.45, 2.75) is 16.7 Å². The molecule has 3 N–H and O–H groups in total. The van der Waals surface area contributed by atoms with E-state index in [4.69, 9.17) is 11.6 Å². The number of aryl methyl sites for hydroxylation is 1. The molecule has 0 aliphatic carbocycles. The highest BCUT2D eigenvalue weighted by Crippen LogP contribution is 2.32. The van der Waals surface area contributed by atoms with Crippen molar-refractivity contribution in [3.8, 4) is 0 Å². The van der Waals surface area contributed by atoms with Crippen LogP contribution < -0.4 is 15.4 Å². The number of amides is 2. The molecule has 0 aromatic heterocycles. The van der Waals surface area contributed by atoms with Gasteiger partial charge in [0.05, 0.1) is 27.0 Å². The minimum atomic E-state index is -3.94. The molecule has 0 saturated carbocycles. The van der Waals surface area contributed by atoms with E-state index in [-0.39, 0.29) is 21.5 Å². The summed E-state index contributed by atoms with van der Waals surface area (Å²) < 4.78 is 28.4. The molecule has 32 heavy (non-hydrogen) atoms. The normalized spacial score (nSPS) is 13.1. The van der Waals surface area contributed by atoms with Crippen molar-refractivity contribution in [2.75, 3.05) is 21.1 Å². The van der Waals surface area contributed by atoms with E-state index in [9.17, 15) is 18.0 Å². The zero-order valence-corrected chi connectivity index (χ0v) is 19.2. The van der Waals surface area contributed by atoms with Crippen LogP contribution in [0.2, 0.25) is 5.02 Å². The number of para-hydroxylation sites is 1. The molecule has 1 heterocycles. The third-order valence-electron chi connectivity index (χ3n) is 4.73. The molecule has 3 aromatic carbocycles. The molecule has 4 rings (SSSR count). The Kier molecular flexibility index (Phi) is 6.14. The van der Waals surface area contributed by atoms with E-state index in [1.807, 2.05) is 0 Å². The summed E-state index contributed by atoms with van der Waals surface area (Å²) >= 11 is 7.48. The summed E-state index contributed by atoms with van der Waals surface area (Å²) in [6.07, 6.45) is 0. The summed E-state index contributed by atoms with van der Waals surface area (Å²) in [5.41, 5.74) is 2.00. The van der Waals surface area contributed by atoms with Crippen molar-refractivity contribution < 1.29 is 18.0 Å². The van der Waals surface area contributed by atoms with Crippen LogP contribution in [0.1, 0.15) is 15.9 Å². The maximum Gasteiger partial charge on any atom is 0.262 e. The zero-order chi connectivity index (χ0) is 22.9. The van der Waals surface area contributed by atoms with Crippen LogP contribution in [0, 0.1) is 6.92 Å². The molecule has 0 bridgehead atoms. The maximum atomic E-state index is 12.9. The lowest BCUT2D eigenvalue weighted by Crippen LogP contribution is -2.20. The second-order valence-electron chi connectivity index (χ2n) is 7.07. The Morgan fingerprint density at radius 2 is 1.88 bits per heavy atom. The van der Waals surface area contributed by atoms with Crippen molar-refractivity contribution in [3.63, 3.8) is 0 Å². The highest BCUT2D eigenvalue weighted by Gasteiger charge is 2.20. The van der Waals surface area contributed by atoms with Gasteiger partial charge in [0.2, 0.25) is 5.91 Å². The number of halogens is 1. The number of hydrogen-bond acceptors (Lipinski definition) is 5. The van der Waals surface area contributed by atoms with Gasteiger partial charge in [0, 0.05) is 16.1 Å². The van der Waals surface area contributed by atoms with Gasteiger partial charge >= 0.3 is 0 Å². The standard InChI is InChI=1S/C22H18ClN3O4S2/c1-13-6-8-15(11-20(13)32(29,30)26-17-5-3-2-4-16(17)23)24-22(28)14-7-9-19-18(10-14)25-21(27)12-31-19/h2-11,26H,12H2,1H3,(H,24,28)(H,25,27). The number of fused-ring (bicyclic) bond motifs is 1. The van der Waals surface area contributed by atoms with Crippen molar-refractivity contribution in [3.05, 3.63) is 76.8 Å². The number of carbonyl (C=O) groups excluding carboxylic acids is 2. The Labute approximate surface area is 194 Å². The molecule has 3 aromatic rings. The predicted molar refractivity (Wildman–Crippen MR) is 127 cm³/mol. The molecule has 1 aliphatic heterocycles. The molecule has 0 unspecified atom stereocenters. The van der Waals surface area contributed by atoms with E-state index < -0.39 is 15.9 Å². The fourth-order valence-electron chi connectivity index (χ4n) is 3.14. The summed E-state index contributed by atoms with van der Waals surface area (Å²) in [7, 11) is -3.94. The van der Waals surface area contributed by atoms with Gasteiger partial charge in [-0.2, -0.15) is 0 Å². The first kappa shape index (κ1) is 22.2. The number of hydrogen-bond donors (Lipinski definition) is 3. The summed E-state index contributed by atoms with van der Waals surface area (Å²) in [6.45, 7) is 1.66. The third kappa shape index (κ3) is 4.74. The first-order valence-corrected chi connectivity index (χ1v) is 12.3. The van der Waals surface area contributed by atoms with Gasteiger partial charge in [0.1, 0.15) is 0 Å². The van der Waals surface area contributed by atoms with Crippen LogP contribution in [0.15, 0.2) is 70.5 Å². The van der Waals surface area contributed by atoms with Crippen molar-refractivity contribution in [1.82, 2.24) is 0 Å². The predicted octanol–water partition coefficient (Wildman–Crippen LogP) is 4.75. The number of thioether (sulfide) groups is 1. The molecule has 2 amide bonds. The molecular formula is C22H18ClN3O4S2. The highest BCUT2D eigenvalue weighted by molar-refractivity contribution is 8.00. The molecular weight excluding hydrogens is 470 g/mol. The largest absolute Gasteiger partial charge is 0.324 e. The summed E-state index contributed by atoms with van der Waals surface area (Å²) in [4.78, 5) is 25.3. The molecule has 0 saturated heterocycles. The Hall–Kier alpha value is -3.01. The number of anilines is 3. The zero-order valence-electron chi connectivity index (χ0n) is 16.8. The van der Waals surface area contributed by atoms with Gasteiger partial charge in [0.25, 0.3) is 15.9 Å². The van der Waals surface area contributed by atoms with Crippen LogP contribution in [0.5, 0.6) is 0 Å². The molecule has 10 heteroatoms. The van der Waals surface area contributed by atoms with E-state index >= 15 is 0 Å². The Balaban J connectivity index is 1.58. The lowest BCUT2D eigenvalue weighted by molar-refractivity contribution is -0.113. The van der Waals surface area contributed by atoms with Crippen molar-refractivity contribution in [1.29, 1.82) is 0 Å². The van der Waals surface area contributed by atoms with E-state index in [2.05, 4.69) is 15.4 Å². The average molecular weight is 488 g/mol. The summed E-state index contributed by atoms with van der Waals surface area (Å²) in [6, 6.07) is 16.2. The van der Waals surface area contributed by atoms with Crippen LogP contribution in [-0.4, -0.2) is 26.0 Å². The van der Waals surface area contributed by atoms with Crippen LogP contribution >= 0.6 is 23.4 Å². The van der Waals surface area contributed by atoms with Gasteiger partial charge in [-0.15, -0.1) is 11.8 Å². The van der Waals surface area contributed by atoms with Gasteiger partial charge in [-0.05, 0) is 55.0 Å². The number of nitrogens with one attached hydrogen (secondary N) is 3. The molecule has 7 nitrogen and oxygen atoms in total. The third-order valence-corrected chi connectivity index (χ3v) is 7.64. The lowest BCUT2D eigenvalue weighted by Gasteiger charge is -2.17. The minimum Gasteiger partial charge on any atom is -0.324 e. The van der Waals surface area contributed by atoms with E-state index in [1.165, 1.54) is 17.8 Å². The minimum absolute atomic E-state index is 0.0179. The number of carbonyl (C=O) groups is 2. The van der Waals surface area contributed by atoms with Gasteiger partial charge in [-0.3, -0.25) is 14.3 Å². The quantitative estimate of drug-likeness (QED) is 0.482. The van der Waals surface area contributed by atoms with Gasteiger partial charge < -0.3 is 10.6 Å². The van der Waals surface area contributed by atoms with Crippen LogP contribution in [0.25, 0.3) is 0 Å². The Morgan fingerprint density at radius 3 is 2.66 bits per heavy atom.